The van der Waals surface area contributed by atoms with E-state index in [4.69, 9.17) is 0 Å². The van der Waals surface area contributed by atoms with E-state index < -0.39 is 0 Å². The smallest absolute Gasteiger partial charge is 0.220 e. The maximum Gasteiger partial charge on any atom is 0.220 e. The molecule has 0 spiro atoms. The Labute approximate surface area is 122 Å². The van der Waals surface area contributed by atoms with E-state index in [-0.39, 0.29) is 5.91 Å². The van der Waals surface area contributed by atoms with Gasteiger partial charge in [-0.3, -0.25) is 4.79 Å². The molecule has 0 saturated carbocycles. The third-order valence-electron chi connectivity index (χ3n) is 3.78. The average molecular weight is 286 g/mol. The highest BCUT2D eigenvalue weighted by molar-refractivity contribution is 7.98. The molecule has 1 aliphatic heterocycles. The molecule has 1 heterocycles. The van der Waals surface area contributed by atoms with Crippen LogP contribution >= 0.6 is 11.8 Å². The van der Waals surface area contributed by atoms with Crippen molar-refractivity contribution in [2.45, 2.75) is 51.4 Å². The van der Waals surface area contributed by atoms with Gasteiger partial charge in [-0.25, -0.2) is 0 Å². The van der Waals surface area contributed by atoms with E-state index in [9.17, 15) is 4.79 Å². The molecular formula is C15H30N2OS. The average Bonchev–Trinajstić information content (AvgIpc) is 2.45. The lowest BCUT2D eigenvalue weighted by Crippen LogP contribution is -2.31. The second-order valence-corrected chi connectivity index (χ2v) is 6.49. The third-order valence-corrected chi connectivity index (χ3v) is 4.47. The molecule has 1 atom stereocenters. The van der Waals surface area contributed by atoms with Gasteiger partial charge in [0.1, 0.15) is 0 Å². The number of thioether (sulfide) groups is 1. The van der Waals surface area contributed by atoms with Gasteiger partial charge in [0.15, 0.2) is 0 Å². The second-order valence-electron chi connectivity index (χ2n) is 5.51. The number of piperidine rings is 1. The number of carbonyl (C=O) groups is 1. The molecule has 19 heavy (non-hydrogen) atoms. The van der Waals surface area contributed by atoms with Gasteiger partial charge < -0.3 is 10.6 Å². The Balaban J connectivity index is 1.87. The predicted octanol–water partition coefficient (Wildman–Crippen LogP) is 2.81. The predicted molar refractivity (Wildman–Crippen MR) is 84.7 cm³/mol. The van der Waals surface area contributed by atoms with Crippen LogP contribution in [0.4, 0.5) is 0 Å². The fraction of sp³-hybridized carbons (Fsp3) is 0.933. The molecule has 1 unspecified atom stereocenters. The number of hydrogen-bond acceptors (Lipinski definition) is 3. The first-order valence-corrected chi connectivity index (χ1v) is 9.18. The van der Waals surface area contributed by atoms with Gasteiger partial charge >= 0.3 is 0 Å². The van der Waals surface area contributed by atoms with Crippen molar-refractivity contribution >= 4 is 17.7 Å². The summed E-state index contributed by atoms with van der Waals surface area (Å²) in [5.74, 6) is 2.22. The van der Waals surface area contributed by atoms with Crippen LogP contribution in [0.15, 0.2) is 0 Å². The quantitative estimate of drug-likeness (QED) is 0.607. The van der Waals surface area contributed by atoms with E-state index in [1.807, 2.05) is 11.8 Å². The summed E-state index contributed by atoms with van der Waals surface area (Å²) in [6.45, 7) is 3.11. The lowest BCUT2D eigenvalue weighted by atomic mass is 9.94. The zero-order valence-corrected chi connectivity index (χ0v) is 13.2. The van der Waals surface area contributed by atoms with Crippen LogP contribution in [-0.4, -0.2) is 37.6 Å². The minimum absolute atomic E-state index is 0.245. The van der Waals surface area contributed by atoms with Crippen molar-refractivity contribution in [3.05, 3.63) is 0 Å². The Hall–Kier alpha value is -0.220. The lowest BCUT2D eigenvalue weighted by molar-refractivity contribution is -0.121. The Bertz CT molecular complexity index is 230. The number of nitrogens with one attached hydrogen (secondary N) is 2. The van der Waals surface area contributed by atoms with E-state index in [0.717, 1.165) is 32.5 Å². The summed E-state index contributed by atoms with van der Waals surface area (Å²) in [4.78, 5) is 11.7. The molecule has 3 nitrogen and oxygen atoms in total. The van der Waals surface area contributed by atoms with Gasteiger partial charge in [-0.2, -0.15) is 11.8 Å². The van der Waals surface area contributed by atoms with Crippen molar-refractivity contribution in [2.75, 3.05) is 31.6 Å². The van der Waals surface area contributed by atoms with Gasteiger partial charge in [0.2, 0.25) is 5.91 Å². The van der Waals surface area contributed by atoms with Crippen LogP contribution in [0.1, 0.15) is 51.4 Å². The SMILES string of the molecule is CSCCCCCCNC(=O)CCC1CCCNC1. The van der Waals surface area contributed by atoms with Crippen LogP contribution in [0, 0.1) is 5.92 Å². The van der Waals surface area contributed by atoms with Crippen molar-refractivity contribution in [1.29, 1.82) is 0 Å². The van der Waals surface area contributed by atoms with Crippen molar-refractivity contribution in [3.8, 4) is 0 Å². The van der Waals surface area contributed by atoms with Gasteiger partial charge in [-0.05, 0) is 63.1 Å². The van der Waals surface area contributed by atoms with Gasteiger partial charge in [-0.1, -0.05) is 12.8 Å². The molecule has 0 aromatic heterocycles. The molecule has 0 radical (unpaired) electrons. The van der Waals surface area contributed by atoms with Gasteiger partial charge in [0, 0.05) is 13.0 Å². The zero-order chi connectivity index (χ0) is 13.8. The van der Waals surface area contributed by atoms with E-state index >= 15 is 0 Å². The van der Waals surface area contributed by atoms with E-state index in [1.165, 1.54) is 37.9 Å². The van der Waals surface area contributed by atoms with Crippen LogP contribution in [-0.2, 0) is 4.79 Å². The molecule has 0 bridgehead atoms. The molecule has 1 rings (SSSR count). The van der Waals surface area contributed by atoms with Crippen LogP contribution in [0.25, 0.3) is 0 Å². The number of hydrogen-bond donors (Lipinski definition) is 2. The highest BCUT2D eigenvalue weighted by Gasteiger charge is 2.13. The molecule has 0 aromatic rings. The first-order valence-electron chi connectivity index (χ1n) is 7.79. The topological polar surface area (TPSA) is 41.1 Å². The summed E-state index contributed by atoms with van der Waals surface area (Å²) in [6, 6.07) is 0. The Morgan fingerprint density at radius 2 is 2.16 bits per heavy atom. The molecule has 0 aromatic carbocycles. The molecule has 1 fully saturated rings. The maximum absolute atomic E-state index is 11.7. The number of rotatable bonds is 10. The summed E-state index contributed by atoms with van der Waals surface area (Å²) in [5.41, 5.74) is 0. The molecule has 1 aliphatic rings. The van der Waals surface area contributed by atoms with Gasteiger partial charge in [-0.15, -0.1) is 0 Å². The van der Waals surface area contributed by atoms with E-state index in [2.05, 4.69) is 16.9 Å². The van der Waals surface area contributed by atoms with Crippen LogP contribution in [0.2, 0.25) is 0 Å². The van der Waals surface area contributed by atoms with E-state index in [0.29, 0.717) is 12.3 Å². The molecular weight excluding hydrogens is 256 g/mol. The molecule has 1 amide bonds. The Morgan fingerprint density at radius 3 is 2.89 bits per heavy atom. The standard InChI is InChI=1S/C15H30N2OS/c1-19-12-5-3-2-4-11-17-15(18)9-8-14-7-6-10-16-13-14/h14,16H,2-13H2,1H3,(H,17,18). The first-order chi connectivity index (χ1) is 9.33. The summed E-state index contributed by atoms with van der Waals surface area (Å²) < 4.78 is 0. The monoisotopic (exact) mass is 286 g/mol. The Morgan fingerprint density at radius 1 is 1.32 bits per heavy atom. The van der Waals surface area contributed by atoms with Gasteiger partial charge in [0.05, 0.1) is 0 Å². The second kappa shape index (κ2) is 11.6. The molecule has 2 N–H and O–H groups in total. The van der Waals surface area contributed by atoms with Crippen LogP contribution in [0.3, 0.4) is 0 Å². The molecule has 4 heteroatoms. The summed E-state index contributed by atoms with van der Waals surface area (Å²) in [7, 11) is 0. The summed E-state index contributed by atoms with van der Waals surface area (Å²) >= 11 is 1.92. The zero-order valence-electron chi connectivity index (χ0n) is 12.4. The number of amides is 1. The van der Waals surface area contributed by atoms with Crippen LogP contribution < -0.4 is 10.6 Å². The van der Waals surface area contributed by atoms with Crippen molar-refractivity contribution in [2.24, 2.45) is 5.92 Å². The van der Waals surface area contributed by atoms with E-state index in [1.54, 1.807) is 0 Å². The minimum Gasteiger partial charge on any atom is -0.356 e. The number of unbranched alkanes of at least 4 members (excludes halogenated alkanes) is 3. The Kier molecular flexibility index (Phi) is 10.3. The largest absolute Gasteiger partial charge is 0.356 e. The fourth-order valence-electron chi connectivity index (χ4n) is 2.55. The first kappa shape index (κ1) is 16.8. The number of carbonyl (C=O) groups excluding carboxylic acids is 1. The highest BCUT2D eigenvalue weighted by atomic mass is 32.2. The fourth-order valence-corrected chi connectivity index (χ4v) is 3.04. The highest BCUT2D eigenvalue weighted by Crippen LogP contribution is 2.15. The lowest BCUT2D eigenvalue weighted by Gasteiger charge is -2.22. The maximum atomic E-state index is 11.7. The minimum atomic E-state index is 0.245. The molecule has 0 aliphatic carbocycles. The molecule has 1 saturated heterocycles. The van der Waals surface area contributed by atoms with Crippen molar-refractivity contribution < 1.29 is 4.79 Å². The van der Waals surface area contributed by atoms with Crippen molar-refractivity contribution in [3.63, 3.8) is 0 Å². The van der Waals surface area contributed by atoms with Gasteiger partial charge in [0.25, 0.3) is 0 Å². The third kappa shape index (κ3) is 9.33. The summed E-state index contributed by atoms with van der Waals surface area (Å²) in [6.07, 6.45) is 11.4. The molecule has 112 valence electrons. The van der Waals surface area contributed by atoms with Crippen molar-refractivity contribution in [1.82, 2.24) is 10.6 Å². The summed E-state index contributed by atoms with van der Waals surface area (Å²) in [5, 5.41) is 6.45. The van der Waals surface area contributed by atoms with Crippen LogP contribution in [0.5, 0.6) is 0 Å². The normalized spacial score (nSPS) is 19.3.